The molecule has 0 saturated heterocycles. The lowest BCUT2D eigenvalue weighted by atomic mass is 10.1. The summed E-state index contributed by atoms with van der Waals surface area (Å²) in [6.45, 7) is 8.73. The van der Waals surface area contributed by atoms with E-state index in [1.54, 1.807) is 0 Å². The van der Waals surface area contributed by atoms with E-state index in [0.29, 0.717) is 22.6 Å². The maximum atomic E-state index is 11.2. The Morgan fingerprint density at radius 2 is 0.694 bits per heavy atom. The molecule has 0 fully saturated rings. The predicted octanol–water partition coefficient (Wildman–Crippen LogP) is 14.5. The quantitative estimate of drug-likeness (QED) is 0.164. The third kappa shape index (κ3) is 4.61. The van der Waals surface area contributed by atoms with Crippen molar-refractivity contribution in [3.63, 3.8) is 0 Å². The molecule has 0 atom stereocenters. The van der Waals surface area contributed by atoms with Crippen molar-refractivity contribution in [2.75, 3.05) is 0 Å². The van der Waals surface area contributed by atoms with E-state index in [0.717, 1.165) is 87.8 Å². The second-order valence-electron chi connectivity index (χ2n) is 15.9. The summed E-state index contributed by atoms with van der Waals surface area (Å²) in [5.41, 5.74) is 12.7. The first-order valence-corrected chi connectivity index (χ1v) is 20.7. The van der Waals surface area contributed by atoms with E-state index >= 15 is 0 Å². The molecule has 0 aliphatic carbocycles. The Morgan fingerprint density at radius 1 is 0.339 bits per heavy atom. The minimum atomic E-state index is 0.454. The van der Waals surface area contributed by atoms with Gasteiger partial charge in [-0.25, -0.2) is 4.85 Å². The molecule has 0 N–H and O–H groups in total. The van der Waals surface area contributed by atoms with Crippen molar-refractivity contribution in [1.82, 2.24) is 18.3 Å². The van der Waals surface area contributed by atoms with Crippen LogP contribution in [-0.4, -0.2) is 18.3 Å². The maximum absolute atomic E-state index is 11.2. The Hall–Kier alpha value is -8.84. The van der Waals surface area contributed by atoms with Gasteiger partial charge in [0.1, 0.15) is 6.07 Å². The normalized spacial score (nSPS) is 11.8. The number of hydrogen-bond donors (Lipinski definition) is 0. The first-order chi connectivity index (χ1) is 30.7. The Kier molecular flexibility index (Phi) is 7.05. The van der Waals surface area contributed by atoms with E-state index in [-0.39, 0.29) is 0 Å². The largest absolute Gasteiger partial charge is 0.319 e. The number of para-hydroxylation sites is 6. The van der Waals surface area contributed by atoms with Crippen LogP contribution in [0.2, 0.25) is 0 Å². The fourth-order valence-corrected chi connectivity index (χ4v) is 10.2. The van der Waals surface area contributed by atoms with Gasteiger partial charge in [-0.05, 0) is 84.9 Å². The summed E-state index contributed by atoms with van der Waals surface area (Å²) in [5, 5.41) is 20.2. The molecule has 62 heavy (non-hydrogen) atoms. The molecular formula is C56H32N6. The van der Waals surface area contributed by atoms with Crippen LogP contribution in [0.5, 0.6) is 0 Å². The van der Waals surface area contributed by atoms with Crippen molar-refractivity contribution >= 4 is 92.9 Å². The molecule has 6 heteroatoms. The molecule has 0 saturated carbocycles. The fraction of sp³-hybridized carbons (Fsp3) is 0. The number of rotatable bonds is 4. The second-order valence-corrected chi connectivity index (χ2v) is 15.9. The van der Waals surface area contributed by atoms with Gasteiger partial charge in [0.2, 0.25) is 5.69 Å². The minimum absolute atomic E-state index is 0.454. The molecule has 13 rings (SSSR count). The van der Waals surface area contributed by atoms with Gasteiger partial charge in [-0.3, -0.25) is 0 Å². The van der Waals surface area contributed by atoms with Crippen LogP contribution < -0.4 is 0 Å². The molecule has 0 amide bonds. The summed E-state index contributed by atoms with van der Waals surface area (Å²) in [6.07, 6.45) is 0. The zero-order valence-corrected chi connectivity index (χ0v) is 33.2. The third-order valence-corrected chi connectivity index (χ3v) is 12.8. The highest BCUT2D eigenvalue weighted by Crippen LogP contribution is 2.44. The molecule has 4 aromatic heterocycles. The Morgan fingerprint density at radius 3 is 1.10 bits per heavy atom. The Balaban J connectivity index is 1.11. The summed E-state index contributed by atoms with van der Waals surface area (Å²) in [4.78, 5) is 4.24. The highest BCUT2D eigenvalue weighted by molar-refractivity contribution is 6.21. The van der Waals surface area contributed by atoms with E-state index in [2.05, 4.69) is 187 Å². The number of hydrogen-bond acceptors (Lipinski definition) is 1. The van der Waals surface area contributed by atoms with Crippen molar-refractivity contribution in [3.8, 4) is 28.8 Å². The van der Waals surface area contributed by atoms with Crippen molar-refractivity contribution in [2.24, 2.45) is 0 Å². The highest BCUT2D eigenvalue weighted by atomic mass is 15.0. The summed E-state index contributed by atoms with van der Waals surface area (Å²) in [5.74, 6) is 0. The van der Waals surface area contributed by atoms with E-state index < -0.39 is 0 Å². The third-order valence-electron chi connectivity index (χ3n) is 12.8. The zero-order chi connectivity index (χ0) is 41.1. The molecule has 0 aliphatic heterocycles. The number of aromatic nitrogens is 4. The Labute approximate surface area is 355 Å². The van der Waals surface area contributed by atoms with E-state index in [1.807, 2.05) is 36.4 Å². The Bertz CT molecular complexity index is 3840. The van der Waals surface area contributed by atoms with Crippen LogP contribution in [0.4, 0.5) is 5.69 Å². The molecule has 13 aromatic rings. The van der Waals surface area contributed by atoms with Gasteiger partial charge in [0.05, 0.1) is 67.6 Å². The molecule has 286 valence electrons. The van der Waals surface area contributed by atoms with Gasteiger partial charge in [0, 0.05) is 54.5 Å². The van der Waals surface area contributed by atoms with Gasteiger partial charge in [-0.15, -0.1) is 0 Å². The molecule has 9 aromatic carbocycles. The first kappa shape index (κ1) is 34.1. The van der Waals surface area contributed by atoms with Crippen LogP contribution >= 0.6 is 0 Å². The van der Waals surface area contributed by atoms with Gasteiger partial charge >= 0.3 is 0 Å². The molecule has 0 aliphatic rings. The predicted molar refractivity (Wildman–Crippen MR) is 255 cm³/mol. The lowest BCUT2D eigenvalue weighted by Gasteiger charge is -2.16. The molecule has 0 bridgehead atoms. The van der Waals surface area contributed by atoms with Gasteiger partial charge in [0.25, 0.3) is 0 Å². The van der Waals surface area contributed by atoms with Crippen molar-refractivity contribution in [2.45, 2.75) is 0 Å². The van der Waals surface area contributed by atoms with Gasteiger partial charge in [0.15, 0.2) is 0 Å². The first-order valence-electron chi connectivity index (χ1n) is 20.7. The van der Waals surface area contributed by atoms with Crippen LogP contribution in [-0.2, 0) is 0 Å². The van der Waals surface area contributed by atoms with Crippen LogP contribution in [0.25, 0.3) is 115 Å². The van der Waals surface area contributed by atoms with Crippen LogP contribution in [0.3, 0.4) is 0 Å². The lowest BCUT2D eigenvalue weighted by Crippen LogP contribution is -2.02. The maximum Gasteiger partial charge on any atom is 0.212 e. The van der Waals surface area contributed by atoms with Crippen LogP contribution in [0, 0.1) is 17.9 Å². The molecule has 4 heterocycles. The van der Waals surface area contributed by atoms with Crippen LogP contribution in [0.1, 0.15) is 5.56 Å². The van der Waals surface area contributed by atoms with Crippen LogP contribution in [0.15, 0.2) is 194 Å². The zero-order valence-electron chi connectivity index (χ0n) is 33.2. The lowest BCUT2D eigenvalue weighted by molar-refractivity contribution is 1.14. The monoisotopic (exact) mass is 788 g/mol. The average Bonchev–Trinajstić information content (AvgIpc) is 4.04. The number of nitriles is 1. The number of benzene rings is 9. The van der Waals surface area contributed by atoms with Crippen molar-refractivity contribution < 1.29 is 0 Å². The SMILES string of the molecule is [C-]#[N+]c1cc(-n2c3ccccc3c3cc4c5ccccc5n(-c5ccccc5)c4cc32)c(C#N)cc1-n1c2ccccc2c2cc3c4ccccc4n(-c4ccccc4)c3cc21. The summed E-state index contributed by atoms with van der Waals surface area (Å²) >= 11 is 0. The molecule has 0 spiro atoms. The molecule has 0 unspecified atom stereocenters. The topological polar surface area (TPSA) is 47.9 Å². The van der Waals surface area contributed by atoms with E-state index in [1.165, 1.54) is 10.8 Å². The second kappa shape index (κ2) is 12.8. The van der Waals surface area contributed by atoms with Crippen molar-refractivity contribution in [3.05, 3.63) is 211 Å². The average molecular weight is 789 g/mol. The molecular weight excluding hydrogens is 757 g/mol. The van der Waals surface area contributed by atoms with E-state index in [4.69, 9.17) is 6.57 Å². The fourth-order valence-electron chi connectivity index (χ4n) is 10.2. The van der Waals surface area contributed by atoms with Gasteiger partial charge in [-0.2, -0.15) is 5.26 Å². The summed E-state index contributed by atoms with van der Waals surface area (Å²) in [7, 11) is 0. The smallest absolute Gasteiger partial charge is 0.212 e. The summed E-state index contributed by atoms with van der Waals surface area (Å²) in [6, 6.07) is 70.3. The number of fused-ring (bicyclic) bond motifs is 12. The minimum Gasteiger partial charge on any atom is -0.319 e. The molecule has 0 radical (unpaired) electrons. The highest BCUT2D eigenvalue weighted by Gasteiger charge is 2.24. The molecule has 6 nitrogen and oxygen atoms in total. The summed E-state index contributed by atoms with van der Waals surface area (Å²) < 4.78 is 9.01. The number of nitrogens with zero attached hydrogens (tertiary/aromatic N) is 6. The van der Waals surface area contributed by atoms with Gasteiger partial charge in [-0.1, -0.05) is 109 Å². The van der Waals surface area contributed by atoms with E-state index in [9.17, 15) is 5.26 Å². The van der Waals surface area contributed by atoms with Gasteiger partial charge < -0.3 is 18.3 Å². The van der Waals surface area contributed by atoms with Crippen molar-refractivity contribution in [1.29, 1.82) is 5.26 Å². The standard InChI is InChI=1S/C56H32N6/c1-58-46-31-51(61-49-26-14-10-22-40(49)44-29-42-38-20-8-12-24-47(38)59(52(42)32-54(44)61)36-16-4-2-5-17-36)35(34-57)28-56(46)62-50-27-15-11-23-41(50)45-30-43-39-21-9-13-25-48(39)60(53(43)33-55(45)62)37-18-6-3-7-19-37/h2-33H.